The maximum atomic E-state index is 11.4. The predicted octanol–water partition coefficient (Wildman–Crippen LogP) is 2.49. The molecule has 0 aliphatic carbocycles. The highest BCUT2D eigenvalue weighted by atomic mass is 35.6. The fourth-order valence-corrected chi connectivity index (χ4v) is 1.46. The van der Waals surface area contributed by atoms with Gasteiger partial charge in [0.05, 0.1) is 19.6 Å². The van der Waals surface area contributed by atoms with Crippen molar-refractivity contribution in [3.8, 4) is 0 Å². The van der Waals surface area contributed by atoms with E-state index in [1.165, 1.54) is 0 Å². The summed E-state index contributed by atoms with van der Waals surface area (Å²) in [6.45, 7) is 3.62. The molecule has 0 aromatic heterocycles. The molecule has 0 radical (unpaired) electrons. The SMILES string of the molecule is CCOC(=O)C[C@@H](C(=O)OCC)C(Cl)(Cl)Cl. The van der Waals surface area contributed by atoms with Crippen molar-refractivity contribution in [1.82, 2.24) is 0 Å². The van der Waals surface area contributed by atoms with E-state index in [1.807, 2.05) is 0 Å². The third-order valence-corrected chi connectivity index (χ3v) is 2.43. The number of ether oxygens (including phenoxy) is 2. The molecule has 94 valence electrons. The van der Waals surface area contributed by atoms with Crippen LogP contribution in [0.3, 0.4) is 0 Å². The van der Waals surface area contributed by atoms with Gasteiger partial charge in [0.1, 0.15) is 5.92 Å². The van der Waals surface area contributed by atoms with E-state index in [2.05, 4.69) is 4.74 Å². The Morgan fingerprint density at radius 3 is 2.00 bits per heavy atom. The number of halogens is 3. The molecule has 0 aromatic carbocycles. The summed E-state index contributed by atoms with van der Waals surface area (Å²) >= 11 is 16.8. The van der Waals surface area contributed by atoms with Crippen LogP contribution in [0.5, 0.6) is 0 Å². The molecule has 0 bridgehead atoms. The van der Waals surface area contributed by atoms with Crippen molar-refractivity contribution >= 4 is 46.7 Å². The summed E-state index contributed by atoms with van der Waals surface area (Å²) in [5.74, 6) is -2.49. The number of alkyl halides is 3. The van der Waals surface area contributed by atoms with E-state index in [0.717, 1.165) is 0 Å². The molecule has 0 saturated heterocycles. The first-order valence-corrected chi connectivity index (χ1v) is 5.85. The van der Waals surface area contributed by atoms with Crippen molar-refractivity contribution in [3.05, 3.63) is 0 Å². The molecule has 0 heterocycles. The molecule has 0 aliphatic heterocycles. The van der Waals surface area contributed by atoms with Gasteiger partial charge in [0.15, 0.2) is 0 Å². The Kier molecular flexibility index (Phi) is 7.11. The first kappa shape index (κ1) is 15.8. The highest BCUT2D eigenvalue weighted by molar-refractivity contribution is 6.68. The molecule has 0 N–H and O–H groups in total. The molecule has 0 rings (SSSR count). The van der Waals surface area contributed by atoms with E-state index in [4.69, 9.17) is 39.5 Å². The van der Waals surface area contributed by atoms with Crippen LogP contribution in [0.15, 0.2) is 0 Å². The van der Waals surface area contributed by atoms with Gasteiger partial charge in [0.25, 0.3) is 0 Å². The molecule has 4 nitrogen and oxygen atoms in total. The van der Waals surface area contributed by atoms with Crippen LogP contribution in [-0.4, -0.2) is 28.9 Å². The lowest BCUT2D eigenvalue weighted by atomic mass is 10.1. The van der Waals surface area contributed by atoms with E-state index >= 15 is 0 Å². The van der Waals surface area contributed by atoms with E-state index in [1.54, 1.807) is 13.8 Å². The van der Waals surface area contributed by atoms with Gasteiger partial charge in [0.2, 0.25) is 3.79 Å². The monoisotopic (exact) mass is 290 g/mol. The Labute approximate surface area is 109 Å². The molecular weight excluding hydrogens is 278 g/mol. The summed E-state index contributed by atoms with van der Waals surface area (Å²) in [6, 6.07) is 0. The zero-order valence-electron chi connectivity index (χ0n) is 8.97. The van der Waals surface area contributed by atoms with Crippen molar-refractivity contribution < 1.29 is 19.1 Å². The van der Waals surface area contributed by atoms with Crippen LogP contribution < -0.4 is 0 Å². The maximum absolute atomic E-state index is 11.4. The lowest BCUT2D eigenvalue weighted by molar-refractivity contribution is -0.154. The van der Waals surface area contributed by atoms with Crippen LogP contribution in [0.25, 0.3) is 0 Å². The Bertz CT molecular complexity index is 250. The summed E-state index contributed by atoms with van der Waals surface area (Å²) in [6.07, 6.45) is -0.316. The van der Waals surface area contributed by atoms with Crippen molar-refractivity contribution in [3.63, 3.8) is 0 Å². The van der Waals surface area contributed by atoms with Gasteiger partial charge in [-0.15, -0.1) is 0 Å². The van der Waals surface area contributed by atoms with Crippen LogP contribution >= 0.6 is 34.8 Å². The molecule has 0 unspecified atom stereocenters. The van der Waals surface area contributed by atoms with Crippen LogP contribution in [0, 0.1) is 5.92 Å². The minimum atomic E-state index is -1.89. The zero-order valence-corrected chi connectivity index (χ0v) is 11.2. The number of carbonyl (C=O) groups is 2. The molecular formula is C9H13Cl3O4. The fraction of sp³-hybridized carbons (Fsp3) is 0.778. The number of hydrogen-bond acceptors (Lipinski definition) is 4. The molecule has 16 heavy (non-hydrogen) atoms. The number of rotatable bonds is 5. The molecule has 0 saturated carbocycles. The van der Waals surface area contributed by atoms with Gasteiger partial charge in [-0.2, -0.15) is 0 Å². The minimum absolute atomic E-state index is 0.152. The van der Waals surface area contributed by atoms with Crippen molar-refractivity contribution in [2.24, 2.45) is 5.92 Å². The summed E-state index contributed by atoms with van der Waals surface area (Å²) in [5, 5.41) is 0. The minimum Gasteiger partial charge on any atom is -0.466 e. The van der Waals surface area contributed by atoms with E-state index < -0.39 is 21.6 Å². The molecule has 0 aromatic rings. The van der Waals surface area contributed by atoms with E-state index in [9.17, 15) is 9.59 Å². The first-order chi connectivity index (χ1) is 7.32. The second-order valence-electron chi connectivity index (χ2n) is 2.86. The van der Waals surface area contributed by atoms with Gasteiger partial charge < -0.3 is 9.47 Å². The van der Waals surface area contributed by atoms with Crippen LogP contribution in [-0.2, 0) is 19.1 Å². The second-order valence-corrected chi connectivity index (χ2v) is 5.22. The predicted molar refractivity (Wildman–Crippen MR) is 61.7 cm³/mol. The average Bonchev–Trinajstić information content (AvgIpc) is 2.13. The first-order valence-electron chi connectivity index (χ1n) is 4.71. The molecule has 0 amide bonds. The molecule has 0 spiro atoms. The lowest BCUT2D eigenvalue weighted by Crippen LogP contribution is -2.32. The maximum Gasteiger partial charge on any atom is 0.313 e. The normalized spacial score (nSPS) is 13.1. The lowest BCUT2D eigenvalue weighted by Gasteiger charge is -2.21. The standard InChI is InChI=1S/C9H13Cl3O4/c1-3-15-7(13)5-6(9(10,11)12)8(14)16-4-2/h6H,3-5H2,1-2H3/t6-/m0/s1. The summed E-state index contributed by atoms with van der Waals surface area (Å²) < 4.78 is 7.49. The Morgan fingerprint density at radius 1 is 1.12 bits per heavy atom. The zero-order chi connectivity index (χ0) is 12.8. The smallest absolute Gasteiger partial charge is 0.313 e. The summed E-state index contributed by atoms with van der Waals surface area (Å²) in [5.41, 5.74) is 0. The summed E-state index contributed by atoms with van der Waals surface area (Å²) in [7, 11) is 0. The summed E-state index contributed by atoms with van der Waals surface area (Å²) in [4.78, 5) is 22.6. The Balaban J connectivity index is 4.57. The Morgan fingerprint density at radius 2 is 1.62 bits per heavy atom. The highest BCUT2D eigenvalue weighted by Crippen LogP contribution is 2.38. The van der Waals surface area contributed by atoms with Crippen LogP contribution in [0.2, 0.25) is 0 Å². The van der Waals surface area contributed by atoms with Gasteiger partial charge in [-0.3, -0.25) is 9.59 Å². The molecule has 0 fully saturated rings. The third-order valence-electron chi connectivity index (χ3n) is 1.64. The Hall–Kier alpha value is -0.190. The number of carbonyl (C=O) groups excluding carboxylic acids is 2. The molecule has 0 aliphatic rings. The largest absolute Gasteiger partial charge is 0.466 e. The molecule has 1 atom stereocenters. The molecule has 7 heteroatoms. The van der Waals surface area contributed by atoms with Crippen LogP contribution in [0.4, 0.5) is 0 Å². The average molecular weight is 292 g/mol. The van der Waals surface area contributed by atoms with Crippen LogP contribution in [0.1, 0.15) is 20.3 Å². The van der Waals surface area contributed by atoms with Crippen molar-refractivity contribution in [1.29, 1.82) is 0 Å². The van der Waals surface area contributed by atoms with Crippen molar-refractivity contribution in [2.75, 3.05) is 13.2 Å². The van der Waals surface area contributed by atoms with Gasteiger partial charge >= 0.3 is 11.9 Å². The fourth-order valence-electron chi connectivity index (χ4n) is 0.962. The van der Waals surface area contributed by atoms with Crippen molar-refractivity contribution in [2.45, 2.75) is 24.1 Å². The van der Waals surface area contributed by atoms with E-state index in [-0.39, 0.29) is 19.6 Å². The number of esters is 2. The van der Waals surface area contributed by atoms with Gasteiger partial charge in [-0.05, 0) is 13.8 Å². The van der Waals surface area contributed by atoms with Gasteiger partial charge in [0, 0.05) is 0 Å². The van der Waals surface area contributed by atoms with Gasteiger partial charge in [-0.1, -0.05) is 34.8 Å². The van der Waals surface area contributed by atoms with Gasteiger partial charge in [-0.25, -0.2) is 0 Å². The van der Waals surface area contributed by atoms with E-state index in [0.29, 0.717) is 0 Å². The second kappa shape index (κ2) is 7.20. The topological polar surface area (TPSA) is 52.6 Å². The number of hydrogen-bond donors (Lipinski definition) is 0. The highest BCUT2D eigenvalue weighted by Gasteiger charge is 2.41. The quantitative estimate of drug-likeness (QED) is 0.577. The third kappa shape index (κ3) is 5.77.